The van der Waals surface area contributed by atoms with Crippen molar-refractivity contribution in [1.29, 1.82) is 0 Å². The molecule has 0 unspecified atom stereocenters. The second-order valence-electron chi connectivity index (χ2n) is 4.86. The maximum atomic E-state index is 8.30. The van der Waals surface area contributed by atoms with Crippen LogP contribution in [0.5, 0.6) is 0 Å². The summed E-state index contributed by atoms with van der Waals surface area (Å²) in [7, 11) is 0. The molecule has 2 nitrogen and oxygen atoms in total. The van der Waals surface area contributed by atoms with Gasteiger partial charge in [0.05, 0.1) is 0 Å². The van der Waals surface area contributed by atoms with Crippen LogP contribution in [0.25, 0.3) is 0 Å². The van der Waals surface area contributed by atoms with Crippen molar-refractivity contribution in [3.63, 3.8) is 0 Å². The quantitative estimate of drug-likeness (QED) is 0.654. The van der Waals surface area contributed by atoms with Gasteiger partial charge >= 0.3 is 0 Å². The molecule has 0 saturated carbocycles. The van der Waals surface area contributed by atoms with Crippen LogP contribution in [-0.4, -0.2) is 23.4 Å². The van der Waals surface area contributed by atoms with Crippen molar-refractivity contribution in [2.75, 3.05) is 13.2 Å². The number of aliphatic hydroxyl groups is 2. The van der Waals surface area contributed by atoms with Gasteiger partial charge in [-0.25, -0.2) is 0 Å². The van der Waals surface area contributed by atoms with Crippen molar-refractivity contribution in [3.8, 4) is 0 Å². The molecule has 0 atom stereocenters. The highest BCUT2D eigenvalue weighted by molar-refractivity contribution is 4.47. The molecule has 0 saturated heterocycles. The van der Waals surface area contributed by atoms with Gasteiger partial charge in [-0.05, 0) is 18.3 Å². The Balaban J connectivity index is 0. The Morgan fingerprint density at radius 1 is 0.692 bits per heavy atom. The Labute approximate surface area is 83.0 Å². The average Bonchev–Trinajstić information content (AvgIpc) is 1.95. The molecule has 82 valence electrons. The van der Waals surface area contributed by atoms with Gasteiger partial charge in [-0.15, -0.1) is 0 Å². The number of aliphatic hydroxyl groups excluding tert-OH is 2. The van der Waals surface area contributed by atoms with Gasteiger partial charge in [0.15, 0.2) is 0 Å². The van der Waals surface area contributed by atoms with Gasteiger partial charge in [0.2, 0.25) is 0 Å². The molecular formula is C11H26O2. The van der Waals surface area contributed by atoms with E-state index in [1.165, 1.54) is 0 Å². The van der Waals surface area contributed by atoms with Crippen molar-refractivity contribution < 1.29 is 10.2 Å². The Hall–Kier alpha value is -0.0800. The van der Waals surface area contributed by atoms with E-state index in [1.54, 1.807) is 0 Å². The monoisotopic (exact) mass is 190 g/mol. The zero-order valence-electron chi connectivity index (χ0n) is 9.64. The second kappa shape index (κ2) is 10.0. The van der Waals surface area contributed by atoms with Crippen LogP contribution in [0.4, 0.5) is 0 Å². The van der Waals surface area contributed by atoms with Crippen molar-refractivity contribution in [2.45, 2.75) is 53.4 Å². The lowest BCUT2D eigenvalue weighted by Gasteiger charge is -2.05. The van der Waals surface area contributed by atoms with Crippen LogP contribution in [0.2, 0.25) is 0 Å². The van der Waals surface area contributed by atoms with E-state index in [0.717, 1.165) is 25.7 Å². The van der Waals surface area contributed by atoms with Gasteiger partial charge in [-0.3, -0.25) is 0 Å². The number of hydrogen-bond acceptors (Lipinski definition) is 2. The van der Waals surface area contributed by atoms with Crippen LogP contribution in [0, 0.1) is 5.41 Å². The highest BCUT2D eigenvalue weighted by atomic mass is 16.3. The van der Waals surface area contributed by atoms with Gasteiger partial charge in [0.25, 0.3) is 0 Å². The van der Waals surface area contributed by atoms with E-state index < -0.39 is 0 Å². The van der Waals surface area contributed by atoms with E-state index in [-0.39, 0.29) is 13.2 Å². The minimum atomic E-state index is 0.283. The zero-order valence-corrected chi connectivity index (χ0v) is 9.64. The van der Waals surface area contributed by atoms with E-state index in [2.05, 4.69) is 27.7 Å². The first kappa shape index (κ1) is 15.4. The topological polar surface area (TPSA) is 40.5 Å². The molecule has 0 aliphatic rings. The van der Waals surface area contributed by atoms with Crippen LogP contribution >= 0.6 is 0 Å². The summed E-state index contributed by atoms with van der Waals surface area (Å²) < 4.78 is 0. The van der Waals surface area contributed by atoms with E-state index in [1.807, 2.05) is 0 Å². The highest BCUT2D eigenvalue weighted by Crippen LogP contribution is 2.08. The summed E-state index contributed by atoms with van der Waals surface area (Å²) in [6.07, 6.45) is 3.83. The summed E-state index contributed by atoms with van der Waals surface area (Å²) in [6.45, 7) is 9.32. The molecule has 0 radical (unpaired) electrons. The zero-order chi connectivity index (χ0) is 10.7. The highest BCUT2D eigenvalue weighted by Gasteiger charge is 1.95. The van der Waals surface area contributed by atoms with Crippen LogP contribution in [0.15, 0.2) is 0 Å². The third-order valence-corrected chi connectivity index (χ3v) is 1.07. The van der Waals surface area contributed by atoms with E-state index in [4.69, 9.17) is 10.2 Å². The van der Waals surface area contributed by atoms with E-state index in [9.17, 15) is 0 Å². The Kier molecular flexibility index (Phi) is 11.8. The minimum Gasteiger partial charge on any atom is -0.396 e. The van der Waals surface area contributed by atoms with Gasteiger partial charge in [-0.1, -0.05) is 40.5 Å². The molecule has 0 heterocycles. The van der Waals surface area contributed by atoms with Gasteiger partial charge < -0.3 is 10.2 Å². The summed E-state index contributed by atoms with van der Waals surface area (Å²) >= 11 is 0. The summed E-state index contributed by atoms with van der Waals surface area (Å²) in [5.41, 5.74) is 0.500. The largest absolute Gasteiger partial charge is 0.396 e. The minimum absolute atomic E-state index is 0.283. The van der Waals surface area contributed by atoms with Crippen LogP contribution in [0.1, 0.15) is 53.4 Å². The summed E-state index contributed by atoms with van der Waals surface area (Å²) in [5, 5.41) is 16.6. The molecule has 0 aliphatic heterocycles. The molecule has 2 N–H and O–H groups in total. The summed E-state index contributed by atoms with van der Waals surface area (Å²) in [5.74, 6) is 0. The Morgan fingerprint density at radius 3 is 1.08 bits per heavy atom. The number of rotatable bonds is 5. The maximum absolute atomic E-state index is 8.30. The first-order valence-corrected chi connectivity index (χ1v) is 5.13. The molecule has 13 heavy (non-hydrogen) atoms. The first-order chi connectivity index (χ1) is 5.91. The molecule has 0 bridgehead atoms. The molecular weight excluding hydrogens is 164 g/mol. The molecule has 0 fully saturated rings. The van der Waals surface area contributed by atoms with Crippen LogP contribution in [-0.2, 0) is 0 Å². The molecule has 0 amide bonds. The molecule has 0 aromatic heterocycles. The Bertz CT molecular complexity index is 72.6. The van der Waals surface area contributed by atoms with E-state index >= 15 is 0 Å². The third-order valence-electron chi connectivity index (χ3n) is 1.07. The average molecular weight is 190 g/mol. The summed E-state index contributed by atoms with van der Waals surface area (Å²) in [4.78, 5) is 0. The first-order valence-electron chi connectivity index (χ1n) is 5.13. The van der Waals surface area contributed by atoms with E-state index in [0.29, 0.717) is 5.41 Å². The van der Waals surface area contributed by atoms with Crippen molar-refractivity contribution in [2.24, 2.45) is 5.41 Å². The second-order valence-corrected chi connectivity index (χ2v) is 4.86. The van der Waals surface area contributed by atoms with Gasteiger partial charge in [0, 0.05) is 13.2 Å². The van der Waals surface area contributed by atoms with Crippen molar-refractivity contribution in [3.05, 3.63) is 0 Å². The maximum Gasteiger partial charge on any atom is 0.0431 e. The Morgan fingerprint density at radius 2 is 0.923 bits per heavy atom. The van der Waals surface area contributed by atoms with Crippen LogP contribution < -0.4 is 0 Å². The lowest BCUT2D eigenvalue weighted by molar-refractivity contribution is 0.265. The lowest BCUT2D eigenvalue weighted by Crippen LogP contribution is -1.93. The molecule has 0 spiro atoms. The smallest absolute Gasteiger partial charge is 0.0431 e. The summed E-state index contributed by atoms with van der Waals surface area (Å²) in [6, 6.07) is 0. The standard InChI is InChI=1S/C6H14O2.C5H12/c7-5-3-1-2-4-6-8;1-5(2,3)4/h7-8H,1-6H2;1-4H3. The lowest BCUT2D eigenvalue weighted by atomic mass is 10.0. The molecule has 0 aromatic carbocycles. The fourth-order valence-electron chi connectivity index (χ4n) is 0.577. The van der Waals surface area contributed by atoms with Gasteiger partial charge in [0.1, 0.15) is 0 Å². The molecule has 0 aliphatic carbocycles. The van der Waals surface area contributed by atoms with Gasteiger partial charge in [-0.2, -0.15) is 0 Å². The molecule has 2 heteroatoms. The van der Waals surface area contributed by atoms with Crippen molar-refractivity contribution in [1.82, 2.24) is 0 Å². The van der Waals surface area contributed by atoms with Crippen LogP contribution in [0.3, 0.4) is 0 Å². The molecule has 0 rings (SSSR count). The SMILES string of the molecule is CC(C)(C)C.OCCCCCCO. The predicted molar refractivity (Wildman–Crippen MR) is 57.8 cm³/mol. The van der Waals surface area contributed by atoms with Crippen molar-refractivity contribution >= 4 is 0 Å². The normalized spacial score (nSPS) is 10.6. The number of hydrogen-bond donors (Lipinski definition) is 2. The predicted octanol–water partition coefficient (Wildman–Crippen LogP) is 2.58. The third kappa shape index (κ3) is 48.5. The molecule has 0 aromatic rings. The fourth-order valence-corrected chi connectivity index (χ4v) is 0.577. The fraction of sp³-hybridized carbons (Fsp3) is 1.00. The number of unbranched alkanes of at least 4 members (excludes halogenated alkanes) is 3.